The highest BCUT2D eigenvalue weighted by Crippen LogP contribution is 2.32. The van der Waals surface area contributed by atoms with Crippen LogP contribution in [0, 0.1) is 6.92 Å². The fraction of sp³-hybridized carbons (Fsp3) is 0.0625. The lowest BCUT2D eigenvalue weighted by molar-refractivity contribution is 0.629. The molecule has 0 spiro atoms. The second kappa shape index (κ2) is 4.36. The summed E-state index contributed by atoms with van der Waals surface area (Å²) in [5, 5.41) is 1.04. The number of benzene rings is 1. The fourth-order valence-electron chi connectivity index (χ4n) is 2.57. The first-order valence-electron chi connectivity index (χ1n) is 6.56. The predicted molar refractivity (Wildman–Crippen MR) is 87.2 cm³/mol. The monoisotopic (exact) mass is 341 g/mol. The molecule has 4 aromatic rings. The maximum absolute atomic E-state index is 6.25. The average molecular weight is 342 g/mol. The van der Waals surface area contributed by atoms with Gasteiger partial charge in [-0.3, -0.25) is 4.40 Å². The molecule has 0 unspecified atom stereocenters. The molecular formula is C16H12BrN3O. The van der Waals surface area contributed by atoms with Crippen LogP contribution in [0.2, 0.25) is 0 Å². The molecule has 0 saturated carbocycles. The summed E-state index contributed by atoms with van der Waals surface area (Å²) >= 11 is 3.48. The van der Waals surface area contributed by atoms with Crippen LogP contribution in [0.4, 0.5) is 5.82 Å². The summed E-state index contributed by atoms with van der Waals surface area (Å²) in [6.45, 7) is 2.01. The van der Waals surface area contributed by atoms with Crippen molar-refractivity contribution in [1.82, 2.24) is 9.38 Å². The third-order valence-corrected chi connectivity index (χ3v) is 4.00. The number of anilines is 1. The molecule has 2 N–H and O–H groups in total. The van der Waals surface area contributed by atoms with Gasteiger partial charge in [0.2, 0.25) is 0 Å². The Morgan fingerprint density at radius 3 is 2.86 bits per heavy atom. The molecule has 3 heterocycles. The van der Waals surface area contributed by atoms with E-state index in [9.17, 15) is 0 Å². The summed E-state index contributed by atoms with van der Waals surface area (Å²) in [7, 11) is 0. The van der Waals surface area contributed by atoms with E-state index in [1.165, 1.54) is 0 Å². The van der Waals surface area contributed by atoms with Gasteiger partial charge in [0.25, 0.3) is 0 Å². The van der Waals surface area contributed by atoms with Gasteiger partial charge in [-0.05, 0) is 46.6 Å². The number of nitrogen functional groups attached to an aromatic ring is 1. The van der Waals surface area contributed by atoms with E-state index in [1.807, 2.05) is 53.9 Å². The first-order valence-corrected chi connectivity index (χ1v) is 7.35. The molecule has 104 valence electrons. The van der Waals surface area contributed by atoms with Gasteiger partial charge >= 0.3 is 0 Å². The van der Waals surface area contributed by atoms with Crippen molar-refractivity contribution < 1.29 is 4.42 Å². The van der Waals surface area contributed by atoms with Crippen LogP contribution < -0.4 is 5.73 Å². The molecule has 4 nitrogen and oxygen atoms in total. The van der Waals surface area contributed by atoms with Crippen molar-refractivity contribution in [2.45, 2.75) is 6.92 Å². The van der Waals surface area contributed by atoms with Gasteiger partial charge in [-0.15, -0.1) is 0 Å². The van der Waals surface area contributed by atoms with Crippen molar-refractivity contribution in [3.8, 4) is 11.5 Å². The third-order valence-electron chi connectivity index (χ3n) is 3.57. The number of fused-ring (bicyclic) bond motifs is 2. The zero-order chi connectivity index (χ0) is 14.6. The van der Waals surface area contributed by atoms with Crippen LogP contribution in [0.3, 0.4) is 0 Å². The van der Waals surface area contributed by atoms with Crippen molar-refractivity contribution in [1.29, 1.82) is 0 Å². The predicted octanol–water partition coefficient (Wildman–Crippen LogP) is 4.40. The minimum atomic E-state index is 0.577. The number of halogens is 1. The summed E-state index contributed by atoms with van der Waals surface area (Å²) in [6, 6.07) is 11.9. The number of pyridine rings is 1. The van der Waals surface area contributed by atoms with E-state index in [2.05, 4.69) is 20.9 Å². The van der Waals surface area contributed by atoms with Crippen LogP contribution in [0.5, 0.6) is 0 Å². The number of aryl methyl sites for hydroxylation is 1. The number of furan rings is 1. The van der Waals surface area contributed by atoms with Crippen molar-refractivity contribution in [2.75, 3.05) is 5.73 Å². The summed E-state index contributed by atoms with van der Waals surface area (Å²) in [5.41, 5.74) is 9.65. The van der Waals surface area contributed by atoms with Gasteiger partial charge in [0.15, 0.2) is 5.76 Å². The largest absolute Gasteiger partial charge is 0.454 e. The molecule has 1 aromatic carbocycles. The average Bonchev–Trinajstić information content (AvgIpc) is 3.01. The Bertz CT molecular complexity index is 951. The number of nitrogens with two attached hydrogens (primary N) is 1. The Morgan fingerprint density at radius 1 is 1.24 bits per heavy atom. The molecule has 0 radical (unpaired) electrons. The Balaban J connectivity index is 2.01. The molecule has 5 heteroatoms. The van der Waals surface area contributed by atoms with Crippen molar-refractivity contribution in [2.24, 2.45) is 0 Å². The van der Waals surface area contributed by atoms with E-state index in [0.717, 1.165) is 26.7 Å². The zero-order valence-corrected chi connectivity index (χ0v) is 12.9. The fourth-order valence-corrected chi connectivity index (χ4v) is 3.11. The van der Waals surface area contributed by atoms with Crippen LogP contribution in [-0.2, 0) is 0 Å². The van der Waals surface area contributed by atoms with E-state index >= 15 is 0 Å². The van der Waals surface area contributed by atoms with E-state index in [0.29, 0.717) is 17.3 Å². The van der Waals surface area contributed by atoms with Gasteiger partial charge < -0.3 is 10.2 Å². The van der Waals surface area contributed by atoms with Gasteiger partial charge in [-0.25, -0.2) is 4.98 Å². The number of nitrogens with zero attached hydrogens (tertiary/aromatic N) is 2. The lowest BCUT2D eigenvalue weighted by Gasteiger charge is -2.00. The molecule has 3 aromatic heterocycles. The van der Waals surface area contributed by atoms with Crippen molar-refractivity contribution in [3.05, 3.63) is 52.6 Å². The quantitative estimate of drug-likeness (QED) is 0.558. The molecule has 0 aliphatic heterocycles. The van der Waals surface area contributed by atoms with Gasteiger partial charge in [0.1, 0.15) is 22.7 Å². The molecule has 0 bridgehead atoms. The van der Waals surface area contributed by atoms with E-state index < -0.39 is 0 Å². The molecule has 4 rings (SSSR count). The lowest BCUT2D eigenvalue weighted by Crippen LogP contribution is -1.94. The van der Waals surface area contributed by atoms with Gasteiger partial charge in [0, 0.05) is 16.1 Å². The summed E-state index contributed by atoms with van der Waals surface area (Å²) in [4.78, 5) is 4.64. The molecule has 0 amide bonds. The van der Waals surface area contributed by atoms with Crippen LogP contribution in [0.15, 0.2) is 51.5 Å². The second-order valence-electron chi connectivity index (χ2n) is 5.03. The lowest BCUT2D eigenvalue weighted by atomic mass is 10.2. The molecule has 0 aliphatic rings. The van der Waals surface area contributed by atoms with Crippen LogP contribution in [0.25, 0.3) is 28.1 Å². The minimum Gasteiger partial charge on any atom is -0.454 e. The second-order valence-corrected chi connectivity index (χ2v) is 5.94. The summed E-state index contributed by atoms with van der Waals surface area (Å²) in [6.07, 6.45) is 1.91. The number of rotatable bonds is 1. The first-order chi connectivity index (χ1) is 10.1. The molecule has 0 aliphatic carbocycles. The van der Waals surface area contributed by atoms with Crippen LogP contribution in [-0.4, -0.2) is 9.38 Å². The first kappa shape index (κ1) is 12.5. The maximum atomic E-state index is 6.25. The SMILES string of the molecule is Cc1cc(Br)cn2c(N)c(-c3cc4ccccc4o3)nc12. The third kappa shape index (κ3) is 1.85. The highest BCUT2D eigenvalue weighted by molar-refractivity contribution is 9.10. The van der Waals surface area contributed by atoms with Gasteiger partial charge in [0.05, 0.1) is 0 Å². The Hall–Kier alpha value is -2.27. The van der Waals surface area contributed by atoms with Gasteiger partial charge in [-0.1, -0.05) is 18.2 Å². The standard InChI is InChI=1S/C16H12BrN3O/c1-9-6-11(17)8-20-15(18)14(19-16(9)20)13-7-10-4-2-3-5-12(10)21-13/h2-8H,18H2,1H3. The van der Waals surface area contributed by atoms with E-state index in [4.69, 9.17) is 10.2 Å². The van der Waals surface area contributed by atoms with E-state index in [-0.39, 0.29) is 0 Å². The molecular weight excluding hydrogens is 330 g/mol. The van der Waals surface area contributed by atoms with Crippen molar-refractivity contribution >= 4 is 38.4 Å². The Labute approximate surface area is 129 Å². The molecule has 21 heavy (non-hydrogen) atoms. The van der Waals surface area contributed by atoms with Crippen LogP contribution in [0.1, 0.15) is 5.56 Å². The number of hydrogen-bond donors (Lipinski definition) is 1. The number of imidazole rings is 1. The highest BCUT2D eigenvalue weighted by atomic mass is 79.9. The normalized spacial score (nSPS) is 11.5. The topological polar surface area (TPSA) is 56.5 Å². The summed E-state index contributed by atoms with van der Waals surface area (Å²) < 4.78 is 8.71. The zero-order valence-electron chi connectivity index (χ0n) is 11.3. The number of aromatic nitrogens is 2. The van der Waals surface area contributed by atoms with E-state index in [1.54, 1.807) is 0 Å². The Kier molecular flexibility index (Phi) is 2.59. The highest BCUT2D eigenvalue weighted by Gasteiger charge is 2.16. The molecule has 0 fully saturated rings. The van der Waals surface area contributed by atoms with Crippen LogP contribution >= 0.6 is 15.9 Å². The minimum absolute atomic E-state index is 0.577. The summed E-state index contributed by atoms with van der Waals surface area (Å²) in [5.74, 6) is 1.27. The Morgan fingerprint density at radius 2 is 2.05 bits per heavy atom. The van der Waals surface area contributed by atoms with Crippen molar-refractivity contribution in [3.63, 3.8) is 0 Å². The number of hydrogen-bond acceptors (Lipinski definition) is 3. The number of para-hydroxylation sites is 1. The molecule has 0 atom stereocenters. The molecule has 0 saturated heterocycles. The smallest absolute Gasteiger partial charge is 0.157 e. The maximum Gasteiger partial charge on any atom is 0.157 e. The van der Waals surface area contributed by atoms with Gasteiger partial charge in [-0.2, -0.15) is 0 Å².